The van der Waals surface area contributed by atoms with Crippen LogP contribution < -0.4 is 10.5 Å². The van der Waals surface area contributed by atoms with Crippen LogP contribution in [-0.4, -0.2) is 9.78 Å². The standard InChI is InChI=1S/C14H19N3O/c1-10(2)12-5-4-11(3)14(6-12)18-9-17-8-13(15)7-16-17/h4-8,10H,9,15H2,1-3H3. The van der Waals surface area contributed by atoms with Crippen LogP contribution in [0.25, 0.3) is 0 Å². The number of hydrogen-bond donors (Lipinski definition) is 1. The smallest absolute Gasteiger partial charge is 0.180 e. The van der Waals surface area contributed by atoms with Crippen molar-refractivity contribution in [3.63, 3.8) is 0 Å². The van der Waals surface area contributed by atoms with Crippen LogP contribution in [0.2, 0.25) is 0 Å². The largest absolute Gasteiger partial charge is 0.471 e. The molecular formula is C14H19N3O. The third kappa shape index (κ3) is 2.83. The van der Waals surface area contributed by atoms with Crippen molar-refractivity contribution in [1.82, 2.24) is 9.78 Å². The van der Waals surface area contributed by atoms with E-state index in [1.54, 1.807) is 17.1 Å². The summed E-state index contributed by atoms with van der Waals surface area (Å²) >= 11 is 0. The number of rotatable bonds is 4. The Kier molecular flexibility index (Phi) is 3.55. The molecule has 18 heavy (non-hydrogen) atoms. The van der Waals surface area contributed by atoms with E-state index in [1.165, 1.54) is 5.56 Å². The fourth-order valence-electron chi connectivity index (χ4n) is 1.72. The maximum absolute atomic E-state index is 5.77. The maximum atomic E-state index is 5.77. The van der Waals surface area contributed by atoms with Gasteiger partial charge in [0.1, 0.15) is 5.75 Å². The van der Waals surface area contributed by atoms with Gasteiger partial charge in [0.25, 0.3) is 0 Å². The molecule has 0 atom stereocenters. The number of ether oxygens (including phenoxy) is 1. The van der Waals surface area contributed by atoms with E-state index >= 15 is 0 Å². The molecule has 4 nitrogen and oxygen atoms in total. The Hall–Kier alpha value is -1.97. The van der Waals surface area contributed by atoms with E-state index in [-0.39, 0.29) is 0 Å². The lowest BCUT2D eigenvalue weighted by Gasteiger charge is -2.12. The number of anilines is 1. The number of aryl methyl sites for hydroxylation is 1. The number of nitrogens with two attached hydrogens (primary N) is 1. The summed E-state index contributed by atoms with van der Waals surface area (Å²) in [5, 5.41) is 4.08. The first kappa shape index (κ1) is 12.5. The van der Waals surface area contributed by atoms with Crippen molar-refractivity contribution in [3.05, 3.63) is 41.7 Å². The molecule has 0 aliphatic heterocycles. The van der Waals surface area contributed by atoms with Gasteiger partial charge in [0.05, 0.1) is 18.1 Å². The second kappa shape index (κ2) is 5.12. The van der Waals surface area contributed by atoms with Gasteiger partial charge in [-0.2, -0.15) is 5.10 Å². The minimum Gasteiger partial charge on any atom is -0.471 e. The average Bonchev–Trinajstić information content (AvgIpc) is 2.74. The van der Waals surface area contributed by atoms with Gasteiger partial charge in [0.15, 0.2) is 6.73 Å². The minimum absolute atomic E-state index is 0.375. The van der Waals surface area contributed by atoms with Crippen molar-refractivity contribution in [2.45, 2.75) is 33.4 Å². The highest BCUT2D eigenvalue weighted by molar-refractivity contribution is 5.37. The van der Waals surface area contributed by atoms with Crippen molar-refractivity contribution in [2.24, 2.45) is 0 Å². The lowest BCUT2D eigenvalue weighted by atomic mass is 10.0. The molecule has 0 aliphatic rings. The van der Waals surface area contributed by atoms with E-state index in [0.29, 0.717) is 18.3 Å². The molecule has 1 aromatic heterocycles. The van der Waals surface area contributed by atoms with Crippen LogP contribution in [0.3, 0.4) is 0 Å². The SMILES string of the molecule is Cc1ccc(C(C)C)cc1OCn1cc(N)cn1. The van der Waals surface area contributed by atoms with Crippen LogP contribution >= 0.6 is 0 Å². The first-order valence-electron chi connectivity index (χ1n) is 6.07. The quantitative estimate of drug-likeness (QED) is 0.901. The zero-order valence-corrected chi connectivity index (χ0v) is 11.1. The van der Waals surface area contributed by atoms with Gasteiger partial charge < -0.3 is 10.5 Å². The summed E-state index contributed by atoms with van der Waals surface area (Å²) in [7, 11) is 0. The van der Waals surface area contributed by atoms with Crippen LogP contribution in [0.4, 0.5) is 5.69 Å². The van der Waals surface area contributed by atoms with Crippen molar-refractivity contribution < 1.29 is 4.74 Å². The fraction of sp³-hybridized carbons (Fsp3) is 0.357. The molecule has 0 bridgehead atoms. The Morgan fingerprint density at radius 3 is 2.78 bits per heavy atom. The highest BCUT2D eigenvalue weighted by atomic mass is 16.5. The lowest BCUT2D eigenvalue weighted by Crippen LogP contribution is -2.06. The number of aromatic nitrogens is 2. The van der Waals surface area contributed by atoms with E-state index in [0.717, 1.165) is 11.3 Å². The molecule has 0 aliphatic carbocycles. The van der Waals surface area contributed by atoms with E-state index in [9.17, 15) is 0 Å². The molecule has 0 spiro atoms. The molecule has 4 heteroatoms. The fourth-order valence-corrected chi connectivity index (χ4v) is 1.72. The summed E-state index contributed by atoms with van der Waals surface area (Å²) in [5.41, 5.74) is 8.65. The Morgan fingerprint density at radius 1 is 1.39 bits per heavy atom. The first-order chi connectivity index (χ1) is 8.56. The minimum atomic E-state index is 0.375. The van der Waals surface area contributed by atoms with Gasteiger partial charge in [-0.3, -0.25) is 0 Å². The second-order valence-corrected chi connectivity index (χ2v) is 4.77. The molecule has 0 radical (unpaired) electrons. The number of nitrogen functional groups attached to an aromatic ring is 1. The van der Waals surface area contributed by atoms with Gasteiger partial charge in [-0.05, 0) is 30.0 Å². The van der Waals surface area contributed by atoms with Gasteiger partial charge in [0.2, 0.25) is 0 Å². The molecule has 1 heterocycles. The molecule has 0 amide bonds. The van der Waals surface area contributed by atoms with Gasteiger partial charge in [-0.1, -0.05) is 26.0 Å². The monoisotopic (exact) mass is 245 g/mol. The van der Waals surface area contributed by atoms with Gasteiger partial charge >= 0.3 is 0 Å². The Balaban J connectivity index is 2.10. The molecule has 0 unspecified atom stereocenters. The number of nitrogens with zero attached hydrogens (tertiary/aromatic N) is 2. The zero-order chi connectivity index (χ0) is 13.1. The second-order valence-electron chi connectivity index (χ2n) is 4.77. The Morgan fingerprint density at radius 2 is 2.17 bits per heavy atom. The molecular weight excluding hydrogens is 226 g/mol. The van der Waals surface area contributed by atoms with Crippen LogP contribution in [0, 0.1) is 6.92 Å². The predicted molar refractivity (Wildman–Crippen MR) is 72.5 cm³/mol. The van der Waals surface area contributed by atoms with Crippen LogP contribution in [0.15, 0.2) is 30.6 Å². The number of hydrogen-bond acceptors (Lipinski definition) is 3. The third-order valence-corrected chi connectivity index (χ3v) is 2.88. The Bertz CT molecular complexity index is 532. The van der Waals surface area contributed by atoms with Crippen molar-refractivity contribution in [2.75, 3.05) is 5.73 Å². The van der Waals surface area contributed by atoms with Crippen LogP contribution in [0.1, 0.15) is 30.9 Å². The predicted octanol–water partition coefficient (Wildman–Crippen LogP) is 2.93. The molecule has 2 aromatic rings. The molecule has 96 valence electrons. The molecule has 0 saturated heterocycles. The number of benzene rings is 1. The zero-order valence-electron chi connectivity index (χ0n) is 11.1. The first-order valence-corrected chi connectivity index (χ1v) is 6.07. The van der Waals surface area contributed by atoms with E-state index in [1.807, 2.05) is 6.92 Å². The molecule has 2 rings (SSSR count). The molecule has 2 N–H and O–H groups in total. The summed E-state index contributed by atoms with van der Waals surface area (Å²) < 4.78 is 7.45. The third-order valence-electron chi connectivity index (χ3n) is 2.88. The maximum Gasteiger partial charge on any atom is 0.180 e. The van der Waals surface area contributed by atoms with Gasteiger partial charge in [-0.25, -0.2) is 4.68 Å². The van der Waals surface area contributed by atoms with Crippen molar-refractivity contribution in [1.29, 1.82) is 0 Å². The molecule has 0 fully saturated rings. The summed E-state index contributed by atoms with van der Waals surface area (Å²) in [5.74, 6) is 1.39. The van der Waals surface area contributed by atoms with Crippen LogP contribution in [0.5, 0.6) is 5.75 Å². The van der Waals surface area contributed by atoms with Gasteiger partial charge in [0, 0.05) is 0 Å². The highest BCUT2D eigenvalue weighted by Gasteiger charge is 2.05. The van der Waals surface area contributed by atoms with E-state index in [2.05, 4.69) is 37.1 Å². The van der Waals surface area contributed by atoms with E-state index < -0.39 is 0 Å². The summed E-state index contributed by atoms with van der Waals surface area (Å²) in [6, 6.07) is 6.31. The summed E-state index contributed by atoms with van der Waals surface area (Å²) in [4.78, 5) is 0. The van der Waals surface area contributed by atoms with Crippen molar-refractivity contribution in [3.8, 4) is 5.75 Å². The lowest BCUT2D eigenvalue weighted by molar-refractivity contribution is 0.219. The Labute approximate surface area is 107 Å². The van der Waals surface area contributed by atoms with Crippen LogP contribution in [-0.2, 0) is 6.73 Å². The topological polar surface area (TPSA) is 53.1 Å². The van der Waals surface area contributed by atoms with Crippen molar-refractivity contribution >= 4 is 5.69 Å². The van der Waals surface area contributed by atoms with E-state index in [4.69, 9.17) is 10.5 Å². The molecule has 1 aromatic carbocycles. The van der Waals surface area contributed by atoms with Gasteiger partial charge in [-0.15, -0.1) is 0 Å². The summed E-state index contributed by atoms with van der Waals surface area (Å²) in [6.07, 6.45) is 3.36. The highest BCUT2D eigenvalue weighted by Crippen LogP contribution is 2.24. The average molecular weight is 245 g/mol. The summed E-state index contributed by atoms with van der Waals surface area (Å²) in [6.45, 7) is 6.75. The normalized spacial score (nSPS) is 10.9. The molecule has 0 saturated carbocycles.